The van der Waals surface area contributed by atoms with Crippen LogP contribution < -0.4 is 5.32 Å². The largest absolute Gasteiger partial charge is 0.481 e. The van der Waals surface area contributed by atoms with Crippen LogP contribution in [0.5, 0.6) is 0 Å². The van der Waals surface area contributed by atoms with Crippen LogP contribution in [0.15, 0.2) is 42.5 Å². The molecule has 0 spiro atoms. The number of hydrogen-bond acceptors (Lipinski definition) is 2. The molecule has 2 rings (SSSR count). The number of nitrogens with one attached hydrogen (secondary N) is 1. The highest BCUT2D eigenvalue weighted by atomic mass is 35.5. The standard InChI is InChI=1S/C18H16Cl3NO3/c19-13-3-1-2-11(6-13)7-14(10-18(24)25)22-17(23)9-12-4-5-15(20)16(21)8-12/h1-6,8,14H,7,9-10H2,(H,22,23)(H,24,25). The summed E-state index contributed by atoms with van der Waals surface area (Å²) < 4.78 is 0. The predicted molar refractivity (Wildman–Crippen MR) is 99.5 cm³/mol. The molecule has 7 heteroatoms. The first-order chi connectivity index (χ1) is 11.8. The van der Waals surface area contributed by atoms with Gasteiger partial charge in [0.25, 0.3) is 0 Å². The van der Waals surface area contributed by atoms with Crippen molar-refractivity contribution in [2.24, 2.45) is 0 Å². The zero-order chi connectivity index (χ0) is 18.4. The number of carboxylic acids is 1. The number of aliphatic carboxylic acids is 1. The molecule has 0 fully saturated rings. The molecule has 2 aromatic rings. The second-order valence-corrected chi connectivity index (χ2v) is 6.87. The molecule has 132 valence electrons. The molecule has 0 bridgehead atoms. The van der Waals surface area contributed by atoms with Gasteiger partial charge in [0.1, 0.15) is 0 Å². The summed E-state index contributed by atoms with van der Waals surface area (Å²) in [5.74, 6) is -1.27. The average Bonchev–Trinajstić information content (AvgIpc) is 2.50. The molecule has 1 atom stereocenters. The number of rotatable bonds is 7. The first-order valence-electron chi connectivity index (χ1n) is 7.53. The highest BCUT2D eigenvalue weighted by Crippen LogP contribution is 2.22. The molecule has 2 N–H and O–H groups in total. The molecule has 0 aliphatic heterocycles. The molecule has 0 aliphatic rings. The zero-order valence-corrected chi connectivity index (χ0v) is 15.4. The van der Waals surface area contributed by atoms with Crippen LogP contribution in [0.3, 0.4) is 0 Å². The summed E-state index contributed by atoms with van der Waals surface area (Å²) in [6, 6.07) is 11.5. The molecule has 0 aromatic heterocycles. The van der Waals surface area contributed by atoms with Crippen LogP contribution in [0, 0.1) is 0 Å². The lowest BCUT2D eigenvalue weighted by molar-refractivity contribution is -0.137. The normalized spacial score (nSPS) is 11.8. The minimum Gasteiger partial charge on any atom is -0.481 e. The van der Waals surface area contributed by atoms with E-state index in [2.05, 4.69) is 5.32 Å². The van der Waals surface area contributed by atoms with Gasteiger partial charge < -0.3 is 10.4 Å². The molecule has 4 nitrogen and oxygen atoms in total. The third kappa shape index (κ3) is 6.58. The van der Waals surface area contributed by atoms with Crippen molar-refractivity contribution in [2.75, 3.05) is 0 Å². The van der Waals surface area contributed by atoms with Gasteiger partial charge in [-0.2, -0.15) is 0 Å². The number of halogens is 3. The summed E-state index contributed by atoms with van der Waals surface area (Å²) in [4.78, 5) is 23.3. The van der Waals surface area contributed by atoms with E-state index in [9.17, 15) is 9.59 Å². The monoisotopic (exact) mass is 399 g/mol. The third-order valence-corrected chi connectivity index (χ3v) is 4.48. The van der Waals surface area contributed by atoms with Crippen molar-refractivity contribution in [1.29, 1.82) is 0 Å². The maximum absolute atomic E-state index is 12.3. The molecule has 2 aromatic carbocycles. The van der Waals surface area contributed by atoms with Crippen molar-refractivity contribution in [3.05, 3.63) is 68.7 Å². The second-order valence-electron chi connectivity index (χ2n) is 5.62. The third-order valence-electron chi connectivity index (χ3n) is 3.51. The first kappa shape index (κ1) is 19.6. The Morgan fingerprint density at radius 2 is 1.76 bits per heavy atom. The van der Waals surface area contributed by atoms with Gasteiger partial charge >= 0.3 is 5.97 Å². The van der Waals surface area contributed by atoms with Gasteiger partial charge in [0.2, 0.25) is 5.91 Å². The van der Waals surface area contributed by atoms with Gasteiger partial charge in [-0.05, 0) is 41.8 Å². The van der Waals surface area contributed by atoms with Gasteiger partial charge in [-0.15, -0.1) is 0 Å². The number of carbonyl (C=O) groups is 2. The van der Waals surface area contributed by atoms with E-state index in [0.29, 0.717) is 27.1 Å². The molecule has 1 amide bonds. The van der Waals surface area contributed by atoms with Gasteiger partial charge in [-0.3, -0.25) is 9.59 Å². The Kier molecular flexibility index (Phi) is 7.12. The van der Waals surface area contributed by atoms with Crippen LogP contribution in [-0.4, -0.2) is 23.0 Å². The Morgan fingerprint density at radius 1 is 1.00 bits per heavy atom. The average molecular weight is 401 g/mol. The minimum absolute atomic E-state index is 0.0859. The second kappa shape index (κ2) is 9.09. The lowest BCUT2D eigenvalue weighted by Crippen LogP contribution is -2.39. The highest BCUT2D eigenvalue weighted by molar-refractivity contribution is 6.42. The van der Waals surface area contributed by atoms with E-state index in [1.807, 2.05) is 6.07 Å². The highest BCUT2D eigenvalue weighted by Gasteiger charge is 2.17. The molecule has 0 saturated carbocycles. The van der Waals surface area contributed by atoms with Crippen LogP contribution in [0.4, 0.5) is 0 Å². The van der Waals surface area contributed by atoms with Crippen molar-refractivity contribution in [2.45, 2.75) is 25.3 Å². The molecule has 25 heavy (non-hydrogen) atoms. The summed E-state index contributed by atoms with van der Waals surface area (Å²) >= 11 is 17.7. The Labute approximate surface area is 160 Å². The Balaban J connectivity index is 2.03. The van der Waals surface area contributed by atoms with Crippen LogP contribution in [0.25, 0.3) is 0 Å². The predicted octanol–water partition coefficient (Wildman–Crippen LogP) is 4.39. The van der Waals surface area contributed by atoms with Gasteiger partial charge in [-0.25, -0.2) is 0 Å². The Bertz CT molecular complexity index is 780. The number of carboxylic acid groups (broad SMARTS) is 1. The summed E-state index contributed by atoms with van der Waals surface area (Å²) in [5.41, 5.74) is 1.55. The first-order valence-corrected chi connectivity index (χ1v) is 8.66. The van der Waals surface area contributed by atoms with Gasteiger partial charge in [0, 0.05) is 11.1 Å². The van der Waals surface area contributed by atoms with Crippen molar-refractivity contribution in [3.8, 4) is 0 Å². The molecular formula is C18H16Cl3NO3. The van der Waals surface area contributed by atoms with Crippen molar-refractivity contribution in [1.82, 2.24) is 5.32 Å². The van der Waals surface area contributed by atoms with E-state index >= 15 is 0 Å². The number of benzene rings is 2. The smallest absolute Gasteiger partial charge is 0.305 e. The molecular weight excluding hydrogens is 385 g/mol. The van der Waals surface area contributed by atoms with Crippen LogP contribution in [0.1, 0.15) is 17.5 Å². The summed E-state index contributed by atoms with van der Waals surface area (Å²) in [6.07, 6.45) is 0.280. The molecule has 0 aliphatic carbocycles. The fourth-order valence-corrected chi connectivity index (χ4v) is 2.98. The number of hydrogen-bond donors (Lipinski definition) is 2. The van der Waals surface area contributed by atoms with Crippen molar-refractivity contribution in [3.63, 3.8) is 0 Å². The number of carbonyl (C=O) groups excluding carboxylic acids is 1. The van der Waals surface area contributed by atoms with Gasteiger partial charge in [-0.1, -0.05) is 53.0 Å². The summed E-state index contributed by atoms with van der Waals surface area (Å²) in [5, 5.41) is 13.2. The van der Waals surface area contributed by atoms with E-state index in [1.54, 1.807) is 36.4 Å². The zero-order valence-electron chi connectivity index (χ0n) is 13.1. The fraction of sp³-hybridized carbons (Fsp3) is 0.222. The maximum Gasteiger partial charge on any atom is 0.305 e. The minimum atomic E-state index is -0.984. The van der Waals surface area contributed by atoms with Crippen LogP contribution >= 0.6 is 34.8 Å². The van der Waals surface area contributed by atoms with E-state index in [-0.39, 0.29) is 18.7 Å². The molecule has 0 radical (unpaired) electrons. The topological polar surface area (TPSA) is 66.4 Å². The van der Waals surface area contributed by atoms with E-state index in [4.69, 9.17) is 39.9 Å². The van der Waals surface area contributed by atoms with Crippen molar-refractivity contribution < 1.29 is 14.7 Å². The Hall–Kier alpha value is -1.75. The van der Waals surface area contributed by atoms with E-state index in [0.717, 1.165) is 5.56 Å². The van der Waals surface area contributed by atoms with Crippen LogP contribution in [-0.2, 0) is 22.4 Å². The Morgan fingerprint density at radius 3 is 2.40 bits per heavy atom. The van der Waals surface area contributed by atoms with E-state index < -0.39 is 12.0 Å². The van der Waals surface area contributed by atoms with Gasteiger partial charge in [0.05, 0.1) is 22.9 Å². The van der Waals surface area contributed by atoms with Crippen LogP contribution in [0.2, 0.25) is 15.1 Å². The van der Waals surface area contributed by atoms with Crippen molar-refractivity contribution >= 4 is 46.7 Å². The summed E-state index contributed by atoms with van der Waals surface area (Å²) in [6.45, 7) is 0. The molecule has 1 unspecified atom stereocenters. The lowest BCUT2D eigenvalue weighted by atomic mass is 10.0. The molecule has 0 saturated heterocycles. The lowest BCUT2D eigenvalue weighted by Gasteiger charge is -2.17. The van der Waals surface area contributed by atoms with E-state index in [1.165, 1.54) is 0 Å². The quantitative estimate of drug-likeness (QED) is 0.724. The fourth-order valence-electron chi connectivity index (χ4n) is 2.45. The summed E-state index contributed by atoms with van der Waals surface area (Å²) in [7, 11) is 0. The number of amides is 1. The SMILES string of the molecule is O=C(O)CC(Cc1cccc(Cl)c1)NC(=O)Cc1ccc(Cl)c(Cl)c1. The molecule has 0 heterocycles. The van der Waals surface area contributed by atoms with Gasteiger partial charge in [0.15, 0.2) is 0 Å². The maximum atomic E-state index is 12.3.